The van der Waals surface area contributed by atoms with Crippen LogP contribution in [0, 0.1) is 25.2 Å². The van der Waals surface area contributed by atoms with E-state index in [4.69, 9.17) is 11.3 Å². The predicted octanol–water partition coefficient (Wildman–Crippen LogP) is 3.81. The highest BCUT2D eigenvalue weighted by atomic mass is 19.1. The molecule has 1 aliphatic carbocycles. The Morgan fingerprint density at radius 3 is 2.62 bits per heavy atom. The van der Waals surface area contributed by atoms with E-state index in [9.17, 15) is 9.18 Å². The van der Waals surface area contributed by atoms with Gasteiger partial charge in [-0.1, -0.05) is 6.07 Å². The van der Waals surface area contributed by atoms with Crippen molar-refractivity contribution in [3.8, 4) is 0 Å². The number of hydrogen-bond donors (Lipinski definition) is 1. The van der Waals surface area contributed by atoms with E-state index in [1.807, 2.05) is 6.92 Å². The third-order valence-corrected chi connectivity index (χ3v) is 4.61. The van der Waals surface area contributed by atoms with Crippen molar-refractivity contribution in [1.29, 1.82) is 0 Å². The second-order valence-electron chi connectivity index (χ2n) is 6.27. The lowest BCUT2D eigenvalue weighted by atomic mass is 9.81. The average Bonchev–Trinajstić information content (AvgIpc) is 3.38. The van der Waals surface area contributed by atoms with Crippen LogP contribution >= 0.6 is 0 Å². The van der Waals surface area contributed by atoms with E-state index < -0.39 is 11.9 Å². The van der Waals surface area contributed by atoms with Crippen LogP contribution in [0.1, 0.15) is 36.8 Å². The van der Waals surface area contributed by atoms with Gasteiger partial charge in [-0.15, -0.1) is 0 Å². The summed E-state index contributed by atoms with van der Waals surface area (Å²) in [6.07, 6.45) is 2.02. The first kappa shape index (κ1) is 16.3. The summed E-state index contributed by atoms with van der Waals surface area (Å²) in [5.41, 5.74) is 4.00. The zero-order valence-corrected chi connectivity index (χ0v) is 13.9. The fourth-order valence-electron chi connectivity index (χ4n) is 3.29. The molecule has 1 aliphatic heterocycles. The van der Waals surface area contributed by atoms with Crippen LogP contribution in [-0.4, -0.2) is 13.1 Å². The first-order chi connectivity index (χ1) is 11.5. The molecule has 0 spiro atoms. The lowest BCUT2D eigenvalue weighted by Gasteiger charge is -2.30. The fourth-order valence-corrected chi connectivity index (χ4v) is 3.29. The van der Waals surface area contributed by atoms with Gasteiger partial charge in [-0.2, -0.15) is 0 Å². The number of ether oxygens (including phenoxy) is 1. The van der Waals surface area contributed by atoms with Gasteiger partial charge in [0.15, 0.2) is 5.70 Å². The summed E-state index contributed by atoms with van der Waals surface area (Å²) >= 11 is 0. The first-order valence-electron chi connectivity index (χ1n) is 7.91. The van der Waals surface area contributed by atoms with Crippen LogP contribution in [0.5, 0.6) is 0 Å². The monoisotopic (exact) mass is 326 g/mol. The SMILES string of the molecule is [C-]#[N+]C1=C(C)NC(C2CC2)=C(C(=O)OC)C1c1ccc(F)cc1C. The average molecular weight is 326 g/mol. The van der Waals surface area contributed by atoms with Gasteiger partial charge in [-0.05, 0) is 55.9 Å². The molecule has 1 atom stereocenters. The Labute approximate surface area is 140 Å². The van der Waals surface area contributed by atoms with Crippen molar-refractivity contribution >= 4 is 5.97 Å². The largest absolute Gasteiger partial charge is 0.466 e. The quantitative estimate of drug-likeness (QED) is 0.678. The Bertz CT molecular complexity index is 813. The minimum atomic E-state index is -0.521. The minimum absolute atomic E-state index is 0.296. The van der Waals surface area contributed by atoms with E-state index >= 15 is 0 Å². The van der Waals surface area contributed by atoms with Crippen LogP contribution in [0.2, 0.25) is 0 Å². The Morgan fingerprint density at radius 2 is 2.08 bits per heavy atom. The molecule has 1 aromatic carbocycles. The number of carbonyl (C=O) groups is 1. The van der Waals surface area contributed by atoms with Crippen LogP contribution in [-0.2, 0) is 9.53 Å². The van der Waals surface area contributed by atoms with Gasteiger partial charge >= 0.3 is 5.97 Å². The van der Waals surface area contributed by atoms with Crippen LogP contribution < -0.4 is 5.32 Å². The molecule has 1 fully saturated rings. The molecule has 0 aromatic heterocycles. The van der Waals surface area contributed by atoms with Gasteiger partial charge in [0.1, 0.15) is 5.82 Å². The van der Waals surface area contributed by atoms with Crippen molar-refractivity contribution in [3.63, 3.8) is 0 Å². The molecular weight excluding hydrogens is 307 g/mol. The third kappa shape index (κ3) is 2.69. The maximum atomic E-state index is 13.5. The molecule has 5 heteroatoms. The van der Waals surface area contributed by atoms with Crippen molar-refractivity contribution in [2.45, 2.75) is 32.6 Å². The Hall–Kier alpha value is -2.61. The minimum Gasteiger partial charge on any atom is -0.466 e. The van der Waals surface area contributed by atoms with Crippen LogP contribution in [0.25, 0.3) is 4.85 Å². The number of halogens is 1. The second-order valence-corrected chi connectivity index (χ2v) is 6.27. The number of dihydropyridines is 1. The van der Waals surface area contributed by atoms with E-state index in [-0.39, 0.29) is 5.82 Å². The lowest BCUT2D eigenvalue weighted by molar-refractivity contribution is -0.136. The van der Waals surface area contributed by atoms with Gasteiger partial charge in [0.25, 0.3) is 0 Å². The van der Waals surface area contributed by atoms with Crippen molar-refractivity contribution in [2.75, 3.05) is 7.11 Å². The molecule has 0 bridgehead atoms. The highest BCUT2D eigenvalue weighted by Gasteiger charge is 2.41. The molecule has 1 heterocycles. The molecule has 0 radical (unpaired) electrons. The molecule has 4 nitrogen and oxygen atoms in total. The Morgan fingerprint density at radius 1 is 1.38 bits per heavy atom. The number of carbonyl (C=O) groups excluding carboxylic acids is 1. The van der Waals surface area contributed by atoms with E-state index in [2.05, 4.69) is 10.2 Å². The number of nitrogens with zero attached hydrogens (tertiary/aromatic N) is 1. The van der Waals surface area contributed by atoms with Gasteiger partial charge in [-0.3, -0.25) is 0 Å². The molecule has 3 rings (SSSR count). The summed E-state index contributed by atoms with van der Waals surface area (Å²) in [5.74, 6) is -0.995. The van der Waals surface area contributed by atoms with Gasteiger partial charge in [0.2, 0.25) is 0 Å². The first-order valence-corrected chi connectivity index (χ1v) is 7.91. The number of allylic oxidation sites excluding steroid dienone is 3. The third-order valence-electron chi connectivity index (χ3n) is 4.61. The topological polar surface area (TPSA) is 42.7 Å². The summed E-state index contributed by atoms with van der Waals surface area (Å²) in [4.78, 5) is 16.2. The number of aryl methyl sites for hydroxylation is 1. The van der Waals surface area contributed by atoms with E-state index in [1.165, 1.54) is 19.2 Å². The molecular formula is C19H19FN2O2. The number of methoxy groups -OCH3 is 1. The van der Waals surface area contributed by atoms with E-state index in [0.29, 0.717) is 22.8 Å². The fraction of sp³-hybridized carbons (Fsp3) is 0.368. The van der Waals surface area contributed by atoms with E-state index in [0.717, 1.165) is 29.8 Å². The molecule has 1 saturated carbocycles. The highest BCUT2D eigenvalue weighted by molar-refractivity contribution is 5.93. The summed E-state index contributed by atoms with van der Waals surface area (Å²) in [5, 5.41) is 3.25. The zero-order chi connectivity index (χ0) is 17.4. The predicted molar refractivity (Wildman–Crippen MR) is 88.1 cm³/mol. The van der Waals surface area contributed by atoms with Gasteiger partial charge in [0.05, 0.1) is 25.2 Å². The molecule has 0 saturated heterocycles. The summed E-state index contributed by atoms with van der Waals surface area (Å²) in [6, 6.07) is 4.46. The maximum absolute atomic E-state index is 13.5. The summed E-state index contributed by atoms with van der Waals surface area (Å²) in [7, 11) is 1.34. The summed E-state index contributed by atoms with van der Waals surface area (Å²) in [6.45, 7) is 11.2. The van der Waals surface area contributed by atoms with E-state index in [1.54, 1.807) is 13.0 Å². The lowest BCUT2D eigenvalue weighted by Crippen LogP contribution is -2.30. The Balaban J connectivity index is 2.24. The number of rotatable bonds is 3. The smallest absolute Gasteiger partial charge is 0.335 e. The van der Waals surface area contributed by atoms with Crippen LogP contribution in [0.15, 0.2) is 40.9 Å². The van der Waals surface area contributed by atoms with Crippen molar-refractivity contribution < 1.29 is 13.9 Å². The van der Waals surface area contributed by atoms with Crippen molar-refractivity contribution in [2.24, 2.45) is 5.92 Å². The van der Waals surface area contributed by atoms with Crippen molar-refractivity contribution in [3.05, 3.63) is 69.2 Å². The number of benzene rings is 1. The number of hydrogen-bond acceptors (Lipinski definition) is 3. The molecule has 1 aromatic rings. The molecule has 24 heavy (non-hydrogen) atoms. The van der Waals surface area contributed by atoms with Crippen molar-refractivity contribution in [1.82, 2.24) is 5.32 Å². The highest BCUT2D eigenvalue weighted by Crippen LogP contribution is 2.46. The maximum Gasteiger partial charge on any atom is 0.335 e. The zero-order valence-electron chi connectivity index (χ0n) is 13.9. The van der Waals surface area contributed by atoms with Gasteiger partial charge in [0, 0.05) is 11.4 Å². The molecule has 2 aliphatic rings. The van der Waals surface area contributed by atoms with Crippen LogP contribution in [0.3, 0.4) is 0 Å². The normalized spacial score (nSPS) is 20.5. The molecule has 124 valence electrons. The Kier molecular flexibility index (Phi) is 4.15. The standard InChI is InChI=1S/C19H19FN2O2/c1-10-9-13(20)7-8-14(10)15-16(19(23)24-4)18(12-5-6-12)22-11(2)17(15)21-3/h7-9,12,15,22H,5-6H2,1-2,4H3. The van der Waals surface area contributed by atoms with Gasteiger partial charge in [-0.25, -0.2) is 14.0 Å². The molecule has 0 amide bonds. The molecule has 1 unspecified atom stereocenters. The number of esters is 1. The van der Waals surface area contributed by atoms with Crippen LogP contribution in [0.4, 0.5) is 4.39 Å². The van der Waals surface area contributed by atoms with Gasteiger partial charge < -0.3 is 10.1 Å². The summed E-state index contributed by atoms with van der Waals surface area (Å²) < 4.78 is 18.5. The molecule has 1 N–H and O–H groups in total. The second kappa shape index (κ2) is 6.12. The number of nitrogens with one attached hydrogen (secondary N) is 1.